The van der Waals surface area contributed by atoms with Crippen molar-refractivity contribution in [1.82, 2.24) is 4.57 Å². The number of thiazole rings is 1. The monoisotopic (exact) mass is 289 g/mol. The highest BCUT2D eigenvalue weighted by Crippen LogP contribution is 2.30. The average Bonchev–Trinajstić information content (AvgIpc) is 3.12. The Labute approximate surface area is 120 Å². The van der Waals surface area contributed by atoms with Crippen molar-refractivity contribution in [2.75, 3.05) is 0 Å². The van der Waals surface area contributed by atoms with E-state index in [1.165, 1.54) is 18.9 Å². The summed E-state index contributed by atoms with van der Waals surface area (Å²) in [5.74, 6) is 0.793. The summed E-state index contributed by atoms with van der Waals surface area (Å²) in [5, 5.41) is 12.8. The van der Waals surface area contributed by atoms with Crippen LogP contribution in [0.15, 0.2) is 34.8 Å². The van der Waals surface area contributed by atoms with E-state index in [2.05, 4.69) is 15.8 Å². The molecule has 0 unspecified atom stereocenters. The number of hydrogen-bond donors (Lipinski definition) is 0. The molecule has 0 saturated heterocycles. The van der Waals surface area contributed by atoms with Gasteiger partial charge in [0.25, 0.3) is 5.69 Å². The lowest BCUT2D eigenvalue weighted by Gasteiger charge is -2.02. The molecule has 0 radical (unpaired) electrons. The second kappa shape index (κ2) is 5.20. The first-order chi connectivity index (χ1) is 9.63. The fourth-order valence-electron chi connectivity index (χ4n) is 2.09. The minimum Gasteiger partial charge on any atom is -0.323 e. The van der Waals surface area contributed by atoms with Gasteiger partial charge in [-0.3, -0.25) is 10.1 Å². The molecule has 0 spiro atoms. The SMILES string of the molecule is Cc1cc([N+](=O)[O-])ccc1N=c1sccn1CC1CC1. The Balaban J connectivity index is 1.95. The van der Waals surface area contributed by atoms with E-state index in [1.807, 2.05) is 12.3 Å². The largest absolute Gasteiger partial charge is 0.323 e. The smallest absolute Gasteiger partial charge is 0.269 e. The van der Waals surface area contributed by atoms with Crippen LogP contribution in [0, 0.1) is 23.0 Å². The number of hydrogen-bond acceptors (Lipinski definition) is 4. The molecular weight excluding hydrogens is 274 g/mol. The van der Waals surface area contributed by atoms with E-state index in [0.717, 1.165) is 28.5 Å². The van der Waals surface area contributed by atoms with Crippen LogP contribution in [0.3, 0.4) is 0 Å². The van der Waals surface area contributed by atoms with Gasteiger partial charge in [-0.15, -0.1) is 11.3 Å². The second-order valence-corrected chi connectivity index (χ2v) is 5.99. The van der Waals surface area contributed by atoms with Crippen LogP contribution < -0.4 is 4.80 Å². The molecule has 1 aliphatic carbocycles. The molecule has 1 aromatic carbocycles. The zero-order chi connectivity index (χ0) is 14.1. The first kappa shape index (κ1) is 13.1. The van der Waals surface area contributed by atoms with Crippen LogP contribution in [-0.2, 0) is 6.54 Å². The lowest BCUT2D eigenvalue weighted by molar-refractivity contribution is -0.384. The number of nitro benzene ring substituents is 1. The van der Waals surface area contributed by atoms with Gasteiger partial charge in [0, 0.05) is 30.3 Å². The van der Waals surface area contributed by atoms with Gasteiger partial charge < -0.3 is 4.57 Å². The van der Waals surface area contributed by atoms with Crippen LogP contribution in [0.25, 0.3) is 0 Å². The molecule has 0 amide bonds. The summed E-state index contributed by atoms with van der Waals surface area (Å²) in [6.45, 7) is 2.87. The Morgan fingerprint density at radius 1 is 1.50 bits per heavy atom. The molecule has 6 heteroatoms. The van der Waals surface area contributed by atoms with Crippen molar-refractivity contribution < 1.29 is 4.92 Å². The molecule has 5 nitrogen and oxygen atoms in total. The van der Waals surface area contributed by atoms with Gasteiger partial charge in [-0.05, 0) is 37.3 Å². The van der Waals surface area contributed by atoms with E-state index in [9.17, 15) is 10.1 Å². The Hall–Kier alpha value is -1.95. The normalized spacial score (nSPS) is 15.6. The van der Waals surface area contributed by atoms with E-state index in [-0.39, 0.29) is 10.6 Å². The highest BCUT2D eigenvalue weighted by molar-refractivity contribution is 7.07. The minimum absolute atomic E-state index is 0.110. The van der Waals surface area contributed by atoms with Crippen molar-refractivity contribution in [2.45, 2.75) is 26.3 Å². The molecule has 3 rings (SSSR count). The van der Waals surface area contributed by atoms with Gasteiger partial charge >= 0.3 is 0 Å². The van der Waals surface area contributed by atoms with E-state index >= 15 is 0 Å². The van der Waals surface area contributed by atoms with Crippen LogP contribution in [0.4, 0.5) is 11.4 Å². The van der Waals surface area contributed by atoms with Crippen LogP contribution in [-0.4, -0.2) is 9.49 Å². The predicted molar refractivity (Wildman–Crippen MR) is 78.1 cm³/mol. The van der Waals surface area contributed by atoms with Gasteiger partial charge in [0.05, 0.1) is 10.6 Å². The number of aromatic nitrogens is 1. The summed E-state index contributed by atoms with van der Waals surface area (Å²) in [5.41, 5.74) is 1.73. The fourth-order valence-corrected chi connectivity index (χ4v) is 2.84. The molecule has 1 heterocycles. The van der Waals surface area contributed by atoms with E-state index in [0.29, 0.717) is 0 Å². The Bertz CT molecular complexity index is 713. The maximum atomic E-state index is 10.7. The number of rotatable bonds is 4. The van der Waals surface area contributed by atoms with Gasteiger partial charge in [0.15, 0.2) is 4.80 Å². The molecule has 104 valence electrons. The zero-order valence-electron chi connectivity index (χ0n) is 11.2. The number of nitrogens with zero attached hydrogens (tertiary/aromatic N) is 3. The zero-order valence-corrected chi connectivity index (χ0v) is 12.0. The first-order valence-electron chi connectivity index (χ1n) is 6.57. The lowest BCUT2D eigenvalue weighted by atomic mass is 10.2. The van der Waals surface area contributed by atoms with Gasteiger partial charge in [0.2, 0.25) is 0 Å². The number of aryl methyl sites for hydroxylation is 1. The van der Waals surface area contributed by atoms with Crippen LogP contribution in [0.5, 0.6) is 0 Å². The van der Waals surface area contributed by atoms with E-state index in [4.69, 9.17) is 0 Å². The maximum Gasteiger partial charge on any atom is 0.269 e. The van der Waals surface area contributed by atoms with Crippen molar-refractivity contribution in [3.63, 3.8) is 0 Å². The molecule has 2 aromatic rings. The molecule has 0 bridgehead atoms. The van der Waals surface area contributed by atoms with Crippen molar-refractivity contribution in [3.05, 3.63) is 50.3 Å². The molecule has 1 fully saturated rings. The highest BCUT2D eigenvalue weighted by atomic mass is 32.1. The number of non-ortho nitro benzene ring substituents is 1. The lowest BCUT2D eigenvalue weighted by Crippen LogP contribution is -2.14. The molecule has 1 aliphatic rings. The van der Waals surface area contributed by atoms with Crippen molar-refractivity contribution in [2.24, 2.45) is 10.9 Å². The fraction of sp³-hybridized carbons (Fsp3) is 0.357. The van der Waals surface area contributed by atoms with Crippen molar-refractivity contribution in [3.8, 4) is 0 Å². The molecule has 0 atom stereocenters. The predicted octanol–water partition coefficient (Wildman–Crippen LogP) is 3.41. The summed E-state index contributed by atoms with van der Waals surface area (Å²) in [6.07, 6.45) is 4.67. The van der Waals surface area contributed by atoms with Crippen LogP contribution in [0.1, 0.15) is 18.4 Å². The molecule has 0 aliphatic heterocycles. The van der Waals surface area contributed by atoms with Crippen LogP contribution in [0.2, 0.25) is 0 Å². The van der Waals surface area contributed by atoms with Crippen molar-refractivity contribution >= 4 is 22.7 Å². The molecular formula is C14H15N3O2S. The summed E-state index contributed by atoms with van der Waals surface area (Å²) in [7, 11) is 0. The third-order valence-electron chi connectivity index (χ3n) is 3.42. The third kappa shape index (κ3) is 2.80. The number of nitro groups is 1. The van der Waals surface area contributed by atoms with Crippen LogP contribution >= 0.6 is 11.3 Å². The summed E-state index contributed by atoms with van der Waals surface area (Å²) in [4.78, 5) is 16.0. The highest BCUT2D eigenvalue weighted by Gasteiger charge is 2.21. The summed E-state index contributed by atoms with van der Waals surface area (Å²) < 4.78 is 2.17. The summed E-state index contributed by atoms with van der Waals surface area (Å²) >= 11 is 1.60. The quantitative estimate of drug-likeness (QED) is 0.639. The van der Waals surface area contributed by atoms with E-state index in [1.54, 1.807) is 23.5 Å². The molecule has 0 N–H and O–H groups in total. The average molecular weight is 289 g/mol. The minimum atomic E-state index is -0.380. The maximum absolute atomic E-state index is 10.7. The van der Waals surface area contributed by atoms with Gasteiger partial charge in [-0.2, -0.15) is 0 Å². The Morgan fingerprint density at radius 2 is 2.30 bits per heavy atom. The molecule has 1 aromatic heterocycles. The Kier molecular flexibility index (Phi) is 3.40. The van der Waals surface area contributed by atoms with Gasteiger partial charge in [-0.1, -0.05) is 0 Å². The standard InChI is InChI=1S/C14H15N3O2S/c1-10-8-12(17(18)19)4-5-13(10)15-14-16(6-7-20-14)9-11-2-3-11/h4-8,11H,2-3,9H2,1H3. The van der Waals surface area contributed by atoms with Crippen molar-refractivity contribution in [1.29, 1.82) is 0 Å². The molecule has 1 saturated carbocycles. The first-order valence-corrected chi connectivity index (χ1v) is 7.45. The van der Waals surface area contributed by atoms with Gasteiger partial charge in [0.1, 0.15) is 0 Å². The second-order valence-electron chi connectivity index (χ2n) is 5.12. The topological polar surface area (TPSA) is 60.4 Å². The number of benzene rings is 1. The molecule has 20 heavy (non-hydrogen) atoms. The summed E-state index contributed by atoms with van der Waals surface area (Å²) in [6, 6.07) is 4.79. The van der Waals surface area contributed by atoms with Gasteiger partial charge in [-0.25, -0.2) is 4.99 Å². The van der Waals surface area contributed by atoms with E-state index < -0.39 is 0 Å². The third-order valence-corrected chi connectivity index (χ3v) is 4.21. The Morgan fingerprint density at radius 3 is 2.95 bits per heavy atom.